The zero-order valence-electron chi connectivity index (χ0n) is 24.4. The van der Waals surface area contributed by atoms with Gasteiger partial charge < -0.3 is 41.1 Å². The van der Waals surface area contributed by atoms with Gasteiger partial charge >= 0.3 is 12.0 Å². The minimum atomic E-state index is -1.34. The number of nitrogens with one attached hydrogen (secondary N) is 6. The van der Waals surface area contributed by atoms with E-state index >= 15 is 0 Å². The average molecular weight is 625 g/mol. The molecule has 3 aliphatic heterocycles. The minimum absolute atomic E-state index is 0.0396. The van der Waals surface area contributed by atoms with E-state index in [9.17, 15) is 29.1 Å². The lowest BCUT2D eigenvalue weighted by Crippen LogP contribution is -2.27. The normalized spacial score (nSPS) is 15.8. The lowest BCUT2D eigenvalue weighted by Gasteiger charge is -2.13. The van der Waals surface area contributed by atoms with Gasteiger partial charge in [0.15, 0.2) is 5.58 Å². The highest BCUT2D eigenvalue weighted by Crippen LogP contribution is 2.35. The first kappa shape index (κ1) is 31.0. The fourth-order valence-electron chi connectivity index (χ4n) is 5.41. The molecule has 1 aromatic rings. The number of amides is 3. The summed E-state index contributed by atoms with van der Waals surface area (Å²) >= 11 is 1.78. The summed E-state index contributed by atoms with van der Waals surface area (Å²) in [5.74, 6) is -0.395. The molecule has 0 saturated carbocycles. The molecule has 7 N–H and O–H groups in total. The van der Waals surface area contributed by atoms with Crippen LogP contribution in [0.1, 0.15) is 61.7 Å². The van der Waals surface area contributed by atoms with E-state index in [2.05, 4.69) is 31.6 Å². The molecule has 14 heteroatoms. The number of H-pyrrole nitrogens is 1. The first-order valence-electron chi connectivity index (χ1n) is 14.8. The Bertz CT molecular complexity index is 1800. The fraction of sp³-hybridized carbons (Fsp3) is 0.433. The number of carbonyl (C=O) groups excluding carboxylic acids is 2. The lowest BCUT2D eigenvalue weighted by molar-refractivity contribution is -0.121. The number of hydrogen-bond donors (Lipinski definition) is 7. The molecule has 13 nitrogen and oxygen atoms in total. The first-order valence-corrected chi connectivity index (χ1v) is 15.8. The zero-order valence-corrected chi connectivity index (χ0v) is 25.2. The number of aromatic nitrogens is 1. The second-order valence-corrected chi connectivity index (χ2v) is 11.9. The third-order valence-corrected chi connectivity index (χ3v) is 8.99. The number of carbonyl (C=O) groups is 3. The molecule has 1 unspecified atom stereocenters. The molecule has 1 aliphatic carbocycles. The highest BCUT2D eigenvalue weighted by molar-refractivity contribution is 8.03. The van der Waals surface area contributed by atoms with Crippen molar-refractivity contribution in [1.82, 2.24) is 20.9 Å². The van der Waals surface area contributed by atoms with Crippen molar-refractivity contribution in [1.29, 1.82) is 0 Å². The van der Waals surface area contributed by atoms with Gasteiger partial charge in [-0.15, -0.1) is 11.8 Å². The van der Waals surface area contributed by atoms with Crippen LogP contribution in [0, 0.1) is 10.8 Å². The van der Waals surface area contributed by atoms with Gasteiger partial charge in [0.25, 0.3) is 5.43 Å². The maximum Gasteiger partial charge on any atom is 0.338 e. The Morgan fingerprint density at radius 3 is 2.59 bits per heavy atom. The van der Waals surface area contributed by atoms with Crippen LogP contribution < -0.4 is 37.4 Å². The van der Waals surface area contributed by atoms with E-state index in [1.165, 1.54) is 4.91 Å². The number of thioether (sulfide) groups is 1. The number of carboxylic acids is 1. The van der Waals surface area contributed by atoms with Gasteiger partial charge in [0.1, 0.15) is 5.35 Å². The smallest absolute Gasteiger partial charge is 0.338 e. The number of urea groups is 1. The SMILES string of the molecule is CNc1cc2oc3c(=O)c(=O)cc(C(=O)O)c=3[nH]c2cc1NCCCCCCNC(=O)CCCCC1=C2NC(=O)NC2CS1. The highest BCUT2D eigenvalue weighted by Gasteiger charge is 2.33. The Balaban J connectivity index is 1.03. The quantitative estimate of drug-likeness (QED) is 0.0975. The number of allylic oxidation sites excluding steroid dienone is 1. The predicted molar refractivity (Wildman–Crippen MR) is 168 cm³/mol. The Morgan fingerprint density at radius 1 is 1.02 bits per heavy atom. The molecule has 234 valence electrons. The summed E-state index contributed by atoms with van der Waals surface area (Å²) in [6.45, 7) is 1.34. The number of aromatic amines is 1. The zero-order chi connectivity index (χ0) is 31.2. The summed E-state index contributed by atoms with van der Waals surface area (Å²) in [6.07, 6.45) is 6.87. The Morgan fingerprint density at radius 2 is 1.82 bits per heavy atom. The van der Waals surface area contributed by atoms with Crippen molar-refractivity contribution in [2.45, 2.75) is 57.4 Å². The van der Waals surface area contributed by atoms with Crippen LogP contribution in [0.5, 0.6) is 0 Å². The molecule has 1 atom stereocenters. The molecule has 4 aliphatic rings. The molecule has 3 heterocycles. The Hall–Kier alpha value is -4.46. The van der Waals surface area contributed by atoms with Gasteiger partial charge in [-0.2, -0.15) is 0 Å². The number of hydrogen-bond acceptors (Lipinski definition) is 9. The second kappa shape index (κ2) is 13.9. The second-order valence-electron chi connectivity index (χ2n) is 10.8. The highest BCUT2D eigenvalue weighted by atomic mass is 32.2. The molecule has 44 heavy (non-hydrogen) atoms. The van der Waals surface area contributed by atoms with Gasteiger partial charge in [0, 0.05) is 49.3 Å². The maximum absolute atomic E-state index is 12.3. The van der Waals surface area contributed by atoms with Crippen LogP contribution in [0.25, 0.3) is 11.1 Å². The molecule has 1 saturated heterocycles. The van der Waals surface area contributed by atoms with E-state index in [1.54, 1.807) is 30.9 Å². The van der Waals surface area contributed by atoms with Crippen LogP contribution in [0.3, 0.4) is 0 Å². The van der Waals surface area contributed by atoms with Gasteiger partial charge in [-0.05, 0) is 38.2 Å². The van der Waals surface area contributed by atoms with Crippen LogP contribution in [0.15, 0.2) is 42.8 Å². The van der Waals surface area contributed by atoms with Gasteiger partial charge in [0.2, 0.25) is 16.8 Å². The van der Waals surface area contributed by atoms with Crippen molar-refractivity contribution in [2.75, 3.05) is 36.5 Å². The summed E-state index contributed by atoms with van der Waals surface area (Å²) in [7, 11) is 1.75. The molecule has 0 spiro atoms. The van der Waals surface area contributed by atoms with Crippen LogP contribution in [-0.4, -0.2) is 59.9 Å². The van der Waals surface area contributed by atoms with Gasteiger partial charge in [-0.3, -0.25) is 14.4 Å². The van der Waals surface area contributed by atoms with E-state index in [-0.39, 0.29) is 34.3 Å². The number of benzene rings is 1. The summed E-state index contributed by atoms with van der Waals surface area (Å²) in [5, 5.41) is 24.7. The number of rotatable bonds is 15. The summed E-state index contributed by atoms with van der Waals surface area (Å²) in [6, 6.07) is 4.24. The van der Waals surface area contributed by atoms with E-state index in [1.807, 2.05) is 0 Å². The van der Waals surface area contributed by atoms with E-state index < -0.39 is 16.8 Å². The van der Waals surface area contributed by atoms with Gasteiger partial charge in [0.05, 0.1) is 34.2 Å². The number of fused-ring (bicyclic) bond motifs is 2. The van der Waals surface area contributed by atoms with Crippen molar-refractivity contribution in [3.05, 3.63) is 65.6 Å². The summed E-state index contributed by atoms with van der Waals surface area (Å²) < 4.78 is 5.69. The van der Waals surface area contributed by atoms with E-state index in [0.717, 1.165) is 68.1 Å². The largest absolute Gasteiger partial charge is 0.478 e. The number of unbranched alkanes of at least 4 members (excludes halogenated alkanes) is 4. The van der Waals surface area contributed by atoms with Crippen molar-refractivity contribution < 1.29 is 23.9 Å². The molecule has 3 amide bonds. The van der Waals surface area contributed by atoms with Gasteiger partial charge in [-0.25, -0.2) is 9.59 Å². The average Bonchev–Trinajstić information content (AvgIpc) is 3.56. The van der Waals surface area contributed by atoms with Crippen LogP contribution >= 0.6 is 11.8 Å². The third-order valence-electron chi connectivity index (χ3n) is 7.72. The van der Waals surface area contributed by atoms with E-state index in [0.29, 0.717) is 36.3 Å². The van der Waals surface area contributed by atoms with Crippen molar-refractivity contribution in [3.8, 4) is 0 Å². The molecule has 0 aromatic heterocycles. The Labute approximate surface area is 256 Å². The molecular weight excluding hydrogens is 588 g/mol. The number of carboxylic acid groups (broad SMARTS) is 1. The molecule has 5 rings (SSSR count). The molecular formula is C30H36N6O7S. The topological polar surface area (TPSA) is 195 Å². The molecule has 1 fully saturated rings. The van der Waals surface area contributed by atoms with Crippen molar-refractivity contribution >= 4 is 52.1 Å². The maximum atomic E-state index is 12.3. The number of aromatic carboxylic acids is 1. The fourth-order valence-corrected chi connectivity index (χ4v) is 6.67. The van der Waals surface area contributed by atoms with Crippen molar-refractivity contribution in [2.24, 2.45) is 0 Å². The summed E-state index contributed by atoms with van der Waals surface area (Å²) in [5.41, 5.74) is 0.774. The van der Waals surface area contributed by atoms with Crippen LogP contribution in [0.4, 0.5) is 16.2 Å². The molecule has 0 bridgehead atoms. The Kier molecular flexibility index (Phi) is 9.78. The lowest BCUT2D eigenvalue weighted by atomic mass is 10.1. The van der Waals surface area contributed by atoms with Crippen molar-refractivity contribution in [3.63, 3.8) is 0 Å². The van der Waals surface area contributed by atoms with Crippen LogP contribution in [0.2, 0.25) is 0 Å². The van der Waals surface area contributed by atoms with E-state index in [4.69, 9.17) is 4.42 Å². The monoisotopic (exact) mass is 624 g/mol. The molecule has 1 aromatic carbocycles. The number of anilines is 2. The summed E-state index contributed by atoms with van der Waals surface area (Å²) in [4.78, 5) is 63.7. The third kappa shape index (κ3) is 7.01. The standard InChI is InChI=1S/C30H36N6O7S/c1-31-17-14-22-19(34-25-16(29(40)41)12-21(37)27(39)28(25)43-22)13-18(17)32-10-6-2-3-7-11-33-24(38)9-5-4-8-23-26-20(15-44-23)35-30(42)36-26/h12-14,20,31-32,34H,2-11,15H2,1H3,(H,33,38)(H,40,41)(H2,35,36,42). The van der Waals surface area contributed by atoms with Gasteiger partial charge in [-0.1, -0.05) is 12.8 Å². The predicted octanol–water partition coefficient (Wildman–Crippen LogP) is 3.23. The van der Waals surface area contributed by atoms with Crippen LogP contribution in [-0.2, 0) is 4.79 Å². The molecule has 0 radical (unpaired) electrons. The first-order chi connectivity index (χ1) is 21.2. The minimum Gasteiger partial charge on any atom is -0.478 e.